The van der Waals surface area contributed by atoms with E-state index in [2.05, 4.69) is 4.98 Å². The molecule has 23 heavy (non-hydrogen) atoms. The van der Waals surface area contributed by atoms with Crippen LogP contribution in [0.25, 0.3) is 0 Å². The first-order valence-corrected chi connectivity index (χ1v) is 7.66. The summed E-state index contributed by atoms with van der Waals surface area (Å²) in [6.07, 6.45) is 0. The highest BCUT2D eigenvalue weighted by atomic mass is 35.5. The Hall–Kier alpha value is -2.40. The van der Waals surface area contributed by atoms with E-state index in [9.17, 15) is 9.59 Å². The van der Waals surface area contributed by atoms with E-state index >= 15 is 0 Å². The van der Waals surface area contributed by atoms with Crippen LogP contribution in [0.4, 0.5) is 5.69 Å². The fourth-order valence-electron chi connectivity index (χ4n) is 2.68. The summed E-state index contributed by atoms with van der Waals surface area (Å²) in [5.41, 5.74) is 2.21. The molecule has 1 aliphatic heterocycles. The minimum absolute atomic E-state index is 0.0816. The van der Waals surface area contributed by atoms with Gasteiger partial charge < -0.3 is 9.80 Å². The lowest BCUT2D eigenvalue weighted by Crippen LogP contribution is -2.36. The van der Waals surface area contributed by atoms with Crippen LogP contribution < -0.4 is 4.90 Å². The van der Waals surface area contributed by atoms with Crippen molar-refractivity contribution in [2.45, 2.75) is 6.92 Å². The number of halogens is 1. The van der Waals surface area contributed by atoms with E-state index < -0.39 is 0 Å². The van der Waals surface area contributed by atoms with Gasteiger partial charge in [-0.3, -0.25) is 9.59 Å². The van der Waals surface area contributed by atoms with Crippen LogP contribution in [-0.2, 0) is 0 Å². The van der Waals surface area contributed by atoms with Gasteiger partial charge >= 0.3 is 0 Å². The average molecular weight is 330 g/mol. The lowest BCUT2D eigenvalue weighted by molar-refractivity contribution is 0.0802. The molecule has 0 bridgehead atoms. The van der Waals surface area contributed by atoms with E-state index in [0.717, 1.165) is 0 Å². The first-order chi connectivity index (χ1) is 11.0. The SMILES string of the molecule is Cc1nc(Cl)ccc1C(=O)N1CCN(C)C(=O)c2ccccc21. The minimum atomic E-state index is -0.179. The van der Waals surface area contributed by atoms with Crippen molar-refractivity contribution >= 4 is 29.1 Å². The number of anilines is 1. The molecule has 1 aromatic heterocycles. The number of aromatic nitrogens is 1. The predicted molar refractivity (Wildman–Crippen MR) is 89.1 cm³/mol. The van der Waals surface area contributed by atoms with Crippen LogP contribution in [0.3, 0.4) is 0 Å². The molecular weight excluding hydrogens is 314 g/mol. The lowest BCUT2D eigenvalue weighted by Gasteiger charge is -2.22. The number of rotatable bonds is 1. The minimum Gasteiger partial charge on any atom is -0.340 e. The van der Waals surface area contributed by atoms with Gasteiger partial charge in [-0.15, -0.1) is 0 Å². The average Bonchev–Trinajstić information content (AvgIpc) is 2.65. The summed E-state index contributed by atoms with van der Waals surface area (Å²) >= 11 is 5.87. The largest absolute Gasteiger partial charge is 0.340 e. The number of amides is 2. The van der Waals surface area contributed by atoms with Crippen LogP contribution in [-0.4, -0.2) is 41.8 Å². The molecule has 5 nitrogen and oxygen atoms in total. The van der Waals surface area contributed by atoms with Gasteiger partial charge in [0, 0.05) is 20.1 Å². The lowest BCUT2D eigenvalue weighted by atomic mass is 10.1. The number of pyridine rings is 1. The van der Waals surface area contributed by atoms with Crippen LogP contribution in [0.15, 0.2) is 36.4 Å². The molecule has 2 amide bonds. The van der Waals surface area contributed by atoms with E-state index in [-0.39, 0.29) is 11.8 Å². The number of hydrogen-bond donors (Lipinski definition) is 0. The molecule has 1 aromatic carbocycles. The first kappa shape index (κ1) is 15.5. The van der Waals surface area contributed by atoms with E-state index in [0.29, 0.717) is 40.8 Å². The highest BCUT2D eigenvalue weighted by Gasteiger charge is 2.28. The van der Waals surface area contributed by atoms with Crippen molar-refractivity contribution in [3.63, 3.8) is 0 Å². The number of nitrogens with zero attached hydrogens (tertiary/aromatic N) is 3. The van der Waals surface area contributed by atoms with Crippen molar-refractivity contribution in [1.29, 1.82) is 0 Å². The Bertz CT molecular complexity index is 791. The predicted octanol–water partition coefficient (Wildman–Crippen LogP) is 2.78. The number of hydrogen-bond acceptors (Lipinski definition) is 3. The van der Waals surface area contributed by atoms with Crippen LogP contribution in [0, 0.1) is 6.92 Å². The number of carbonyl (C=O) groups is 2. The number of para-hydroxylation sites is 1. The van der Waals surface area contributed by atoms with Gasteiger partial charge in [0.25, 0.3) is 11.8 Å². The third-order valence-electron chi connectivity index (χ3n) is 3.96. The van der Waals surface area contributed by atoms with Gasteiger partial charge in [0.1, 0.15) is 5.15 Å². The molecule has 2 heterocycles. The molecular formula is C17H16ClN3O2. The second-order valence-electron chi connectivity index (χ2n) is 5.47. The van der Waals surface area contributed by atoms with Gasteiger partial charge in [0.05, 0.1) is 22.5 Å². The molecule has 0 atom stereocenters. The zero-order valence-electron chi connectivity index (χ0n) is 12.9. The Balaban J connectivity index is 2.07. The molecule has 0 saturated carbocycles. The molecule has 0 aliphatic carbocycles. The van der Waals surface area contributed by atoms with E-state index in [1.807, 2.05) is 6.07 Å². The third kappa shape index (κ3) is 2.80. The molecule has 0 unspecified atom stereocenters. The van der Waals surface area contributed by atoms with Gasteiger partial charge in [-0.2, -0.15) is 0 Å². The van der Waals surface area contributed by atoms with Crippen molar-refractivity contribution < 1.29 is 9.59 Å². The molecule has 2 aromatic rings. The van der Waals surface area contributed by atoms with Gasteiger partial charge in [-0.1, -0.05) is 23.7 Å². The van der Waals surface area contributed by atoms with Gasteiger partial charge in [-0.05, 0) is 31.2 Å². The summed E-state index contributed by atoms with van der Waals surface area (Å²) in [5, 5.41) is 0.352. The van der Waals surface area contributed by atoms with Crippen LogP contribution in [0.5, 0.6) is 0 Å². The molecule has 0 fully saturated rings. The normalized spacial score (nSPS) is 14.5. The van der Waals surface area contributed by atoms with Crippen molar-refractivity contribution in [3.8, 4) is 0 Å². The molecule has 1 aliphatic rings. The molecule has 0 N–H and O–H groups in total. The van der Waals surface area contributed by atoms with Gasteiger partial charge in [0.15, 0.2) is 0 Å². The second kappa shape index (κ2) is 6.01. The van der Waals surface area contributed by atoms with Gasteiger partial charge in [-0.25, -0.2) is 4.98 Å². The zero-order chi connectivity index (χ0) is 16.6. The summed E-state index contributed by atoms with van der Waals surface area (Å²) in [6.45, 7) is 2.65. The molecule has 0 radical (unpaired) electrons. The fraction of sp³-hybridized carbons (Fsp3) is 0.235. The van der Waals surface area contributed by atoms with Gasteiger partial charge in [0.2, 0.25) is 0 Å². The summed E-state index contributed by atoms with van der Waals surface area (Å²) < 4.78 is 0. The topological polar surface area (TPSA) is 53.5 Å². The number of likely N-dealkylation sites (N-methyl/N-ethyl adjacent to an activating group) is 1. The Morgan fingerprint density at radius 2 is 1.91 bits per heavy atom. The molecule has 0 saturated heterocycles. The highest BCUT2D eigenvalue weighted by molar-refractivity contribution is 6.29. The second-order valence-corrected chi connectivity index (χ2v) is 5.85. The zero-order valence-corrected chi connectivity index (χ0v) is 13.7. The Kier molecular flexibility index (Phi) is 4.05. The summed E-state index contributed by atoms with van der Waals surface area (Å²) in [5.74, 6) is -0.260. The maximum atomic E-state index is 13.0. The van der Waals surface area contributed by atoms with E-state index in [1.165, 1.54) is 0 Å². The number of fused-ring (bicyclic) bond motifs is 1. The maximum absolute atomic E-state index is 13.0. The third-order valence-corrected chi connectivity index (χ3v) is 4.17. The van der Waals surface area contributed by atoms with Crippen LogP contribution in [0.2, 0.25) is 5.15 Å². The Labute approximate surface area is 139 Å². The van der Waals surface area contributed by atoms with E-state index in [4.69, 9.17) is 11.6 Å². The molecule has 118 valence electrons. The fourth-order valence-corrected chi connectivity index (χ4v) is 2.87. The van der Waals surface area contributed by atoms with Crippen LogP contribution >= 0.6 is 11.6 Å². The van der Waals surface area contributed by atoms with Crippen LogP contribution in [0.1, 0.15) is 26.4 Å². The molecule has 3 rings (SSSR count). The molecule has 6 heteroatoms. The van der Waals surface area contributed by atoms with Crippen molar-refractivity contribution in [2.24, 2.45) is 0 Å². The number of carbonyl (C=O) groups excluding carboxylic acids is 2. The summed E-state index contributed by atoms with van der Waals surface area (Å²) in [4.78, 5) is 32.8. The van der Waals surface area contributed by atoms with Crippen molar-refractivity contribution in [1.82, 2.24) is 9.88 Å². The Morgan fingerprint density at radius 3 is 2.65 bits per heavy atom. The van der Waals surface area contributed by atoms with Crippen molar-refractivity contribution in [2.75, 3.05) is 25.0 Å². The number of aryl methyl sites for hydroxylation is 1. The standard InChI is InChI=1S/C17H16ClN3O2/c1-11-12(7-8-15(18)19-11)17(23)21-10-9-20(2)16(22)13-5-3-4-6-14(13)21/h3-8H,9-10H2,1-2H3. The molecule has 0 spiro atoms. The smallest absolute Gasteiger partial charge is 0.260 e. The monoisotopic (exact) mass is 329 g/mol. The first-order valence-electron chi connectivity index (χ1n) is 7.28. The quantitative estimate of drug-likeness (QED) is 0.756. The summed E-state index contributed by atoms with van der Waals surface area (Å²) in [7, 11) is 1.74. The highest BCUT2D eigenvalue weighted by Crippen LogP contribution is 2.26. The Morgan fingerprint density at radius 1 is 1.17 bits per heavy atom. The maximum Gasteiger partial charge on any atom is 0.260 e. The van der Waals surface area contributed by atoms with Crippen molar-refractivity contribution in [3.05, 3.63) is 58.4 Å². The van der Waals surface area contributed by atoms with E-state index in [1.54, 1.807) is 54.1 Å². The number of benzene rings is 1. The summed E-state index contributed by atoms with van der Waals surface area (Å²) in [6, 6.07) is 10.4.